The standard InChI is InChI=1S/C11H22N2/c1-9(10-3-4-10)13(2)8-7-12-11-5-6-11/h9-12H,3-8H2,1-2H3. The van der Waals surface area contributed by atoms with E-state index < -0.39 is 0 Å². The number of hydrogen-bond donors (Lipinski definition) is 1. The summed E-state index contributed by atoms with van der Waals surface area (Å²) in [5, 5.41) is 3.56. The maximum Gasteiger partial charge on any atom is 0.0107 e. The average molecular weight is 182 g/mol. The molecule has 0 aromatic heterocycles. The molecule has 2 rings (SSSR count). The van der Waals surface area contributed by atoms with Crippen molar-refractivity contribution in [2.45, 2.75) is 44.7 Å². The molecule has 0 saturated heterocycles. The van der Waals surface area contributed by atoms with Gasteiger partial charge in [-0.05, 0) is 45.6 Å². The van der Waals surface area contributed by atoms with Crippen molar-refractivity contribution < 1.29 is 0 Å². The monoisotopic (exact) mass is 182 g/mol. The van der Waals surface area contributed by atoms with E-state index in [9.17, 15) is 0 Å². The number of nitrogens with one attached hydrogen (secondary N) is 1. The Balaban J connectivity index is 1.56. The molecular formula is C11H22N2. The maximum atomic E-state index is 3.56. The minimum atomic E-state index is 0.806. The number of hydrogen-bond acceptors (Lipinski definition) is 2. The fourth-order valence-corrected chi connectivity index (χ4v) is 1.87. The van der Waals surface area contributed by atoms with Crippen molar-refractivity contribution in [3.05, 3.63) is 0 Å². The number of nitrogens with zero attached hydrogens (tertiary/aromatic N) is 1. The van der Waals surface area contributed by atoms with E-state index in [1.165, 1.54) is 38.8 Å². The molecule has 13 heavy (non-hydrogen) atoms. The van der Waals surface area contributed by atoms with Crippen LogP contribution < -0.4 is 5.32 Å². The van der Waals surface area contributed by atoms with Crippen LogP contribution in [0.2, 0.25) is 0 Å². The van der Waals surface area contributed by atoms with Gasteiger partial charge in [-0.2, -0.15) is 0 Å². The summed E-state index contributed by atoms with van der Waals surface area (Å²) in [5.41, 5.74) is 0. The quantitative estimate of drug-likeness (QED) is 0.669. The minimum absolute atomic E-state index is 0.806. The molecule has 76 valence electrons. The van der Waals surface area contributed by atoms with E-state index in [4.69, 9.17) is 0 Å². The first-order valence-electron chi connectivity index (χ1n) is 5.71. The molecule has 1 N–H and O–H groups in total. The van der Waals surface area contributed by atoms with Gasteiger partial charge in [0.25, 0.3) is 0 Å². The van der Waals surface area contributed by atoms with Gasteiger partial charge in [0, 0.05) is 25.2 Å². The zero-order valence-corrected chi connectivity index (χ0v) is 8.92. The molecule has 2 heteroatoms. The molecule has 2 aliphatic rings. The van der Waals surface area contributed by atoms with Crippen molar-refractivity contribution in [3.63, 3.8) is 0 Å². The normalized spacial score (nSPS) is 25.2. The number of rotatable bonds is 6. The molecular weight excluding hydrogens is 160 g/mol. The van der Waals surface area contributed by atoms with Crippen LogP contribution in [0.1, 0.15) is 32.6 Å². The lowest BCUT2D eigenvalue weighted by molar-refractivity contribution is 0.234. The van der Waals surface area contributed by atoms with Crippen molar-refractivity contribution in [3.8, 4) is 0 Å². The van der Waals surface area contributed by atoms with Crippen LogP contribution in [0.15, 0.2) is 0 Å². The van der Waals surface area contributed by atoms with Gasteiger partial charge < -0.3 is 10.2 Å². The van der Waals surface area contributed by atoms with Crippen molar-refractivity contribution in [2.24, 2.45) is 5.92 Å². The largest absolute Gasteiger partial charge is 0.313 e. The van der Waals surface area contributed by atoms with Gasteiger partial charge in [-0.3, -0.25) is 0 Å². The summed E-state index contributed by atoms with van der Waals surface area (Å²) in [6.07, 6.45) is 5.73. The number of likely N-dealkylation sites (N-methyl/N-ethyl adjacent to an activating group) is 1. The van der Waals surface area contributed by atoms with E-state index in [1.807, 2.05) is 0 Å². The van der Waals surface area contributed by atoms with Crippen LogP contribution in [0.4, 0.5) is 0 Å². The summed E-state index contributed by atoms with van der Waals surface area (Å²) in [5.74, 6) is 1.01. The molecule has 0 aliphatic heterocycles. The molecule has 0 radical (unpaired) electrons. The molecule has 0 bridgehead atoms. The SMILES string of the molecule is CC(C1CC1)N(C)CCNC1CC1. The first kappa shape index (κ1) is 9.47. The highest BCUT2D eigenvalue weighted by Crippen LogP contribution is 2.34. The molecule has 0 aromatic rings. The van der Waals surface area contributed by atoms with Crippen molar-refractivity contribution in [1.82, 2.24) is 10.2 Å². The Bertz CT molecular complexity index is 161. The van der Waals surface area contributed by atoms with Crippen LogP contribution >= 0.6 is 0 Å². The van der Waals surface area contributed by atoms with Crippen LogP contribution in [0.5, 0.6) is 0 Å². The van der Waals surface area contributed by atoms with Gasteiger partial charge in [0.15, 0.2) is 0 Å². The lowest BCUT2D eigenvalue weighted by Crippen LogP contribution is -2.37. The van der Waals surface area contributed by atoms with Crippen LogP contribution in [-0.2, 0) is 0 Å². The topological polar surface area (TPSA) is 15.3 Å². The molecule has 0 spiro atoms. The van der Waals surface area contributed by atoms with Gasteiger partial charge in [-0.15, -0.1) is 0 Å². The zero-order chi connectivity index (χ0) is 9.26. The van der Waals surface area contributed by atoms with Gasteiger partial charge in [-0.25, -0.2) is 0 Å². The lowest BCUT2D eigenvalue weighted by atomic mass is 10.2. The Morgan fingerprint density at radius 3 is 2.54 bits per heavy atom. The summed E-state index contributed by atoms with van der Waals surface area (Å²) in [6, 6.07) is 1.67. The van der Waals surface area contributed by atoms with Gasteiger partial charge in [-0.1, -0.05) is 0 Å². The van der Waals surface area contributed by atoms with Crippen LogP contribution in [-0.4, -0.2) is 37.1 Å². The Labute approximate surface area is 81.7 Å². The van der Waals surface area contributed by atoms with Crippen LogP contribution in [0.25, 0.3) is 0 Å². The smallest absolute Gasteiger partial charge is 0.0107 e. The highest BCUT2D eigenvalue weighted by atomic mass is 15.1. The van der Waals surface area contributed by atoms with Gasteiger partial charge in [0.1, 0.15) is 0 Å². The first-order valence-corrected chi connectivity index (χ1v) is 5.71. The summed E-state index contributed by atoms with van der Waals surface area (Å²) < 4.78 is 0. The Hall–Kier alpha value is -0.0800. The third kappa shape index (κ3) is 2.96. The Morgan fingerprint density at radius 1 is 1.31 bits per heavy atom. The molecule has 2 saturated carbocycles. The van der Waals surface area contributed by atoms with Gasteiger partial charge >= 0.3 is 0 Å². The van der Waals surface area contributed by atoms with E-state index in [1.54, 1.807) is 0 Å². The highest BCUT2D eigenvalue weighted by molar-refractivity contribution is 4.85. The Morgan fingerprint density at radius 2 is 2.00 bits per heavy atom. The summed E-state index contributed by atoms with van der Waals surface area (Å²) in [6.45, 7) is 4.77. The van der Waals surface area contributed by atoms with Crippen LogP contribution in [0.3, 0.4) is 0 Å². The van der Waals surface area contributed by atoms with E-state index >= 15 is 0 Å². The van der Waals surface area contributed by atoms with E-state index in [0.717, 1.165) is 18.0 Å². The molecule has 1 atom stereocenters. The summed E-state index contributed by atoms with van der Waals surface area (Å²) in [4.78, 5) is 2.51. The maximum absolute atomic E-state index is 3.56. The highest BCUT2D eigenvalue weighted by Gasteiger charge is 2.30. The second-order valence-electron chi connectivity index (χ2n) is 4.79. The zero-order valence-electron chi connectivity index (χ0n) is 8.92. The van der Waals surface area contributed by atoms with E-state index in [-0.39, 0.29) is 0 Å². The third-order valence-corrected chi connectivity index (χ3v) is 3.47. The average Bonchev–Trinajstić information content (AvgIpc) is 2.96. The van der Waals surface area contributed by atoms with E-state index in [2.05, 4.69) is 24.2 Å². The predicted octanol–water partition coefficient (Wildman–Crippen LogP) is 1.47. The summed E-state index contributed by atoms with van der Waals surface area (Å²) >= 11 is 0. The molecule has 2 nitrogen and oxygen atoms in total. The van der Waals surface area contributed by atoms with Crippen molar-refractivity contribution >= 4 is 0 Å². The fourth-order valence-electron chi connectivity index (χ4n) is 1.87. The minimum Gasteiger partial charge on any atom is -0.313 e. The molecule has 1 unspecified atom stereocenters. The first-order chi connectivity index (χ1) is 6.27. The van der Waals surface area contributed by atoms with Crippen molar-refractivity contribution in [1.29, 1.82) is 0 Å². The Kier molecular flexibility index (Phi) is 2.89. The molecule has 2 aliphatic carbocycles. The molecule has 0 heterocycles. The fraction of sp³-hybridized carbons (Fsp3) is 1.00. The van der Waals surface area contributed by atoms with Gasteiger partial charge in [0.05, 0.1) is 0 Å². The molecule has 2 fully saturated rings. The second-order valence-corrected chi connectivity index (χ2v) is 4.79. The van der Waals surface area contributed by atoms with Gasteiger partial charge in [0.2, 0.25) is 0 Å². The van der Waals surface area contributed by atoms with E-state index in [0.29, 0.717) is 0 Å². The predicted molar refractivity (Wildman–Crippen MR) is 55.8 cm³/mol. The third-order valence-electron chi connectivity index (χ3n) is 3.47. The second kappa shape index (κ2) is 3.97. The lowest BCUT2D eigenvalue weighted by Gasteiger charge is -2.24. The molecule has 0 aromatic carbocycles. The van der Waals surface area contributed by atoms with Crippen LogP contribution in [0, 0.1) is 5.92 Å². The molecule has 0 amide bonds. The summed E-state index contributed by atoms with van der Waals surface area (Å²) in [7, 11) is 2.26. The van der Waals surface area contributed by atoms with Crippen molar-refractivity contribution in [2.75, 3.05) is 20.1 Å².